The topological polar surface area (TPSA) is 59.9 Å². The van der Waals surface area contributed by atoms with Crippen LogP contribution >= 0.6 is 0 Å². The quantitative estimate of drug-likeness (QED) is 0.697. The SMILES string of the molecule is C[C@@H](/C=N\NC(=O)c1ccc2c(c1)OCO2)c1ccccc1. The Morgan fingerprint density at radius 1 is 1.18 bits per heavy atom. The number of nitrogens with one attached hydrogen (secondary N) is 1. The molecular formula is C17H16N2O3. The van der Waals surface area contributed by atoms with Crippen molar-refractivity contribution in [1.82, 2.24) is 5.43 Å². The van der Waals surface area contributed by atoms with Crippen LogP contribution in [-0.4, -0.2) is 18.9 Å². The minimum Gasteiger partial charge on any atom is -0.454 e. The van der Waals surface area contributed by atoms with E-state index >= 15 is 0 Å². The Kier molecular flexibility index (Phi) is 4.05. The summed E-state index contributed by atoms with van der Waals surface area (Å²) in [5, 5.41) is 4.02. The fraction of sp³-hybridized carbons (Fsp3) is 0.176. The van der Waals surface area contributed by atoms with Gasteiger partial charge >= 0.3 is 0 Å². The molecule has 0 saturated carbocycles. The number of hydrazone groups is 1. The molecule has 1 N–H and O–H groups in total. The lowest BCUT2D eigenvalue weighted by Gasteiger charge is -2.05. The van der Waals surface area contributed by atoms with Gasteiger partial charge in [0.2, 0.25) is 6.79 Å². The van der Waals surface area contributed by atoms with Crippen molar-refractivity contribution in [3.8, 4) is 11.5 Å². The zero-order chi connectivity index (χ0) is 15.4. The molecule has 5 nitrogen and oxygen atoms in total. The highest BCUT2D eigenvalue weighted by Crippen LogP contribution is 2.32. The maximum absolute atomic E-state index is 12.0. The number of nitrogens with zero attached hydrogens (tertiary/aromatic N) is 1. The van der Waals surface area contributed by atoms with Gasteiger partial charge in [0.15, 0.2) is 11.5 Å². The molecule has 0 aromatic heterocycles. The lowest BCUT2D eigenvalue weighted by atomic mass is 10.0. The van der Waals surface area contributed by atoms with Crippen LogP contribution in [0.1, 0.15) is 28.8 Å². The summed E-state index contributed by atoms with van der Waals surface area (Å²) in [6.45, 7) is 2.21. The molecule has 2 aromatic rings. The number of carbonyl (C=O) groups excluding carboxylic acids is 1. The summed E-state index contributed by atoms with van der Waals surface area (Å²) in [5.74, 6) is 1.07. The van der Waals surface area contributed by atoms with E-state index in [0.717, 1.165) is 5.56 Å². The van der Waals surface area contributed by atoms with Gasteiger partial charge in [0, 0.05) is 17.7 Å². The Morgan fingerprint density at radius 2 is 1.95 bits per heavy atom. The number of ether oxygens (including phenoxy) is 2. The van der Waals surface area contributed by atoms with Crippen LogP contribution < -0.4 is 14.9 Å². The summed E-state index contributed by atoms with van der Waals surface area (Å²) in [6.07, 6.45) is 1.71. The van der Waals surface area contributed by atoms with Crippen LogP contribution in [0.5, 0.6) is 11.5 Å². The summed E-state index contributed by atoms with van der Waals surface area (Å²) in [7, 11) is 0. The summed E-state index contributed by atoms with van der Waals surface area (Å²) in [5.41, 5.74) is 4.15. The predicted octanol–water partition coefficient (Wildman–Crippen LogP) is 2.93. The van der Waals surface area contributed by atoms with Gasteiger partial charge in [-0.1, -0.05) is 37.3 Å². The second-order valence-electron chi connectivity index (χ2n) is 4.99. The number of amides is 1. The Balaban J connectivity index is 1.61. The summed E-state index contributed by atoms with van der Waals surface area (Å²) >= 11 is 0. The first-order valence-corrected chi connectivity index (χ1v) is 7.02. The molecule has 0 bridgehead atoms. The molecule has 0 spiro atoms. The smallest absolute Gasteiger partial charge is 0.271 e. The molecule has 0 fully saturated rings. The van der Waals surface area contributed by atoms with Crippen LogP contribution in [0.2, 0.25) is 0 Å². The molecule has 2 aromatic carbocycles. The van der Waals surface area contributed by atoms with E-state index in [1.807, 2.05) is 37.3 Å². The number of rotatable bonds is 4. The largest absolute Gasteiger partial charge is 0.454 e. The van der Waals surface area contributed by atoms with Crippen molar-refractivity contribution in [2.45, 2.75) is 12.8 Å². The van der Waals surface area contributed by atoms with E-state index < -0.39 is 0 Å². The standard InChI is InChI=1S/C17H16N2O3/c1-12(13-5-3-2-4-6-13)10-18-19-17(20)14-7-8-15-16(9-14)22-11-21-15/h2-10,12H,11H2,1H3,(H,19,20)/b18-10-/t12-/m0/s1. The third-order valence-corrected chi connectivity index (χ3v) is 3.42. The Bertz CT molecular complexity index is 698. The first-order chi connectivity index (χ1) is 10.7. The van der Waals surface area contributed by atoms with E-state index in [-0.39, 0.29) is 18.6 Å². The van der Waals surface area contributed by atoms with E-state index in [4.69, 9.17) is 9.47 Å². The third kappa shape index (κ3) is 3.09. The zero-order valence-electron chi connectivity index (χ0n) is 12.2. The Morgan fingerprint density at radius 3 is 2.77 bits per heavy atom. The van der Waals surface area contributed by atoms with E-state index in [2.05, 4.69) is 10.5 Å². The minimum atomic E-state index is -0.283. The first-order valence-electron chi connectivity index (χ1n) is 7.02. The average Bonchev–Trinajstić information content (AvgIpc) is 3.03. The van der Waals surface area contributed by atoms with Crippen LogP contribution in [0, 0.1) is 0 Å². The number of fused-ring (bicyclic) bond motifs is 1. The maximum Gasteiger partial charge on any atom is 0.271 e. The fourth-order valence-corrected chi connectivity index (χ4v) is 2.15. The van der Waals surface area contributed by atoms with Gasteiger partial charge in [0.25, 0.3) is 5.91 Å². The van der Waals surface area contributed by atoms with Gasteiger partial charge < -0.3 is 9.47 Å². The van der Waals surface area contributed by atoms with Gasteiger partial charge in [-0.25, -0.2) is 5.43 Å². The number of carbonyl (C=O) groups is 1. The van der Waals surface area contributed by atoms with Crippen LogP contribution in [-0.2, 0) is 0 Å². The van der Waals surface area contributed by atoms with Crippen LogP contribution in [0.15, 0.2) is 53.6 Å². The lowest BCUT2D eigenvalue weighted by molar-refractivity contribution is 0.0954. The summed E-state index contributed by atoms with van der Waals surface area (Å²) < 4.78 is 10.5. The molecule has 1 aliphatic heterocycles. The highest BCUT2D eigenvalue weighted by atomic mass is 16.7. The molecule has 1 heterocycles. The van der Waals surface area contributed by atoms with E-state index in [1.165, 1.54) is 0 Å². The van der Waals surface area contributed by atoms with Crippen LogP contribution in [0.3, 0.4) is 0 Å². The molecule has 0 radical (unpaired) electrons. The molecule has 22 heavy (non-hydrogen) atoms. The molecule has 0 unspecified atom stereocenters. The first kappa shape index (κ1) is 14.1. The maximum atomic E-state index is 12.0. The molecule has 1 atom stereocenters. The predicted molar refractivity (Wildman–Crippen MR) is 83.4 cm³/mol. The van der Waals surface area contributed by atoms with Gasteiger partial charge in [-0.05, 0) is 23.8 Å². The number of benzene rings is 2. The van der Waals surface area contributed by atoms with Gasteiger partial charge in [-0.3, -0.25) is 4.79 Å². The van der Waals surface area contributed by atoms with Crippen LogP contribution in [0.25, 0.3) is 0 Å². The van der Waals surface area contributed by atoms with Crippen LogP contribution in [0.4, 0.5) is 0 Å². The Labute approximate surface area is 128 Å². The molecule has 1 aliphatic rings. The minimum absolute atomic E-state index is 0.123. The van der Waals surface area contributed by atoms with Gasteiger partial charge in [0.1, 0.15) is 0 Å². The Hall–Kier alpha value is -2.82. The molecule has 5 heteroatoms. The fourth-order valence-electron chi connectivity index (χ4n) is 2.15. The highest BCUT2D eigenvalue weighted by molar-refractivity contribution is 5.95. The highest BCUT2D eigenvalue weighted by Gasteiger charge is 2.15. The van der Waals surface area contributed by atoms with E-state index in [9.17, 15) is 4.79 Å². The van der Waals surface area contributed by atoms with Gasteiger partial charge in [-0.2, -0.15) is 5.10 Å². The third-order valence-electron chi connectivity index (χ3n) is 3.42. The van der Waals surface area contributed by atoms with Crippen molar-refractivity contribution in [2.24, 2.45) is 5.10 Å². The van der Waals surface area contributed by atoms with E-state index in [1.54, 1.807) is 24.4 Å². The second-order valence-corrected chi connectivity index (χ2v) is 4.99. The molecular weight excluding hydrogens is 280 g/mol. The van der Waals surface area contributed by atoms with Crippen molar-refractivity contribution in [1.29, 1.82) is 0 Å². The van der Waals surface area contributed by atoms with Crippen molar-refractivity contribution in [3.05, 3.63) is 59.7 Å². The molecule has 3 rings (SSSR count). The van der Waals surface area contributed by atoms with Crippen molar-refractivity contribution in [2.75, 3.05) is 6.79 Å². The summed E-state index contributed by atoms with van der Waals surface area (Å²) in [4.78, 5) is 12.0. The van der Waals surface area contributed by atoms with Gasteiger partial charge in [-0.15, -0.1) is 0 Å². The number of hydrogen-bond donors (Lipinski definition) is 1. The van der Waals surface area contributed by atoms with Crippen molar-refractivity contribution in [3.63, 3.8) is 0 Å². The lowest BCUT2D eigenvalue weighted by Crippen LogP contribution is -2.18. The van der Waals surface area contributed by atoms with E-state index in [0.29, 0.717) is 17.1 Å². The van der Waals surface area contributed by atoms with Gasteiger partial charge in [0.05, 0.1) is 0 Å². The second kappa shape index (κ2) is 6.30. The molecule has 0 aliphatic carbocycles. The van der Waals surface area contributed by atoms with Crippen molar-refractivity contribution < 1.29 is 14.3 Å². The molecule has 112 valence electrons. The molecule has 0 saturated heterocycles. The zero-order valence-corrected chi connectivity index (χ0v) is 12.2. The summed E-state index contributed by atoms with van der Waals surface area (Å²) in [6, 6.07) is 15.0. The molecule has 1 amide bonds. The normalized spacial score (nSPS) is 14.0. The average molecular weight is 296 g/mol. The number of hydrogen-bond acceptors (Lipinski definition) is 4. The monoisotopic (exact) mass is 296 g/mol. The van der Waals surface area contributed by atoms with Crippen molar-refractivity contribution >= 4 is 12.1 Å².